The summed E-state index contributed by atoms with van der Waals surface area (Å²) in [6.45, 7) is 5.14. The number of hydrogen-bond acceptors (Lipinski definition) is 3. The van der Waals surface area contributed by atoms with E-state index in [-0.39, 0.29) is 6.04 Å². The minimum Gasteiger partial charge on any atom is -0.377 e. The Kier molecular flexibility index (Phi) is 5.58. The van der Waals surface area contributed by atoms with Gasteiger partial charge in [0, 0.05) is 27.8 Å². The Hall–Kier alpha value is -0.220. The third-order valence-electron chi connectivity index (χ3n) is 3.62. The van der Waals surface area contributed by atoms with Gasteiger partial charge in [0.1, 0.15) is 0 Å². The largest absolute Gasteiger partial charge is 0.377 e. The molecule has 3 atom stereocenters. The number of thioether (sulfide) groups is 1. The highest BCUT2D eigenvalue weighted by Crippen LogP contribution is 2.36. The van der Waals surface area contributed by atoms with E-state index in [0.717, 1.165) is 30.9 Å². The second-order valence-electron chi connectivity index (χ2n) is 5.15. The topological polar surface area (TPSA) is 35.2 Å². The quantitative estimate of drug-likeness (QED) is 0.896. The second kappa shape index (κ2) is 6.98. The van der Waals surface area contributed by atoms with Gasteiger partial charge in [-0.05, 0) is 43.9 Å². The molecule has 2 nitrogen and oxygen atoms in total. The van der Waals surface area contributed by atoms with E-state index in [2.05, 4.69) is 26.0 Å². The van der Waals surface area contributed by atoms with Crippen LogP contribution < -0.4 is 5.73 Å². The number of nitrogens with two attached hydrogens (primary N) is 1. The fraction of sp³-hybridized carbons (Fsp3) is 0.600. The van der Waals surface area contributed by atoms with Crippen LogP contribution in [0.15, 0.2) is 23.1 Å². The fourth-order valence-electron chi connectivity index (χ4n) is 2.26. The number of hydrogen-bond donors (Lipinski definition) is 1. The molecule has 0 aromatic heterocycles. The van der Waals surface area contributed by atoms with E-state index in [1.54, 1.807) is 0 Å². The Morgan fingerprint density at radius 2 is 2.32 bits per heavy atom. The third kappa shape index (κ3) is 4.12. The predicted molar refractivity (Wildman–Crippen MR) is 83.1 cm³/mol. The Labute approximate surface area is 125 Å². The van der Waals surface area contributed by atoms with Gasteiger partial charge in [-0.2, -0.15) is 0 Å². The molecule has 19 heavy (non-hydrogen) atoms. The van der Waals surface area contributed by atoms with E-state index in [1.165, 1.54) is 10.5 Å². The summed E-state index contributed by atoms with van der Waals surface area (Å²) in [7, 11) is 0. The summed E-state index contributed by atoms with van der Waals surface area (Å²) in [4.78, 5) is 1.26. The van der Waals surface area contributed by atoms with Gasteiger partial charge in [-0.25, -0.2) is 0 Å². The summed E-state index contributed by atoms with van der Waals surface area (Å²) >= 11 is 8.02. The van der Waals surface area contributed by atoms with E-state index >= 15 is 0 Å². The van der Waals surface area contributed by atoms with Crippen LogP contribution in [0, 0.1) is 0 Å². The van der Waals surface area contributed by atoms with Crippen LogP contribution in [0.3, 0.4) is 0 Å². The summed E-state index contributed by atoms with van der Waals surface area (Å²) < 4.78 is 5.63. The number of ether oxygens (including phenoxy) is 1. The SMILES string of the molecule is CCC(N)Cc1ccc(Cl)cc1SC1CCOC1C. The van der Waals surface area contributed by atoms with Crippen LogP contribution in [0.5, 0.6) is 0 Å². The zero-order valence-corrected chi connectivity index (χ0v) is 13.1. The molecule has 0 aliphatic carbocycles. The average Bonchev–Trinajstić information content (AvgIpc) is 2.78. The Balaban J connectivity index is 2.14. The molecule has 1 aromatic rings. The molecule has 106 valence electrons. The summed E-state index contributed by atoms with van der Waals surface area (Å²) in [6.07, 6.45) is 3.34. The first kappa shape index (κ1) is 15.2. The van der Waals surface area contributed by atoms with Gasteiger partial charge >= 0.3 is 0 Å². The highest BCUT2D eigenvalue weighted by atomic mass is 35.5. The van der Waals surface area contributed by atoms with Crippen LogP contribution in [-0.2, 0) is 11.2 Å². The van der Waals surface area contributed by atoms with Crippen LogP contribution in [-0.4, -0.2) is 24.0 Å². The number of rotatable bonds is 5. The lowest BCUT2D eigenvalue weighted by atomic mass is 10.1. The maximum atomic E-state index is 6.13. The smallest absolute Gasteiger partial charge is 0.0669 e. The summed E-state index contributed by atoms with van der Waals surface area (Å²) in [5.74, 6) is 0. The molecule has 1 saturated heterocycles. The van der Waals surface area contributed by atoms with Crippen molar-refractivity contribution in [2.75, 3.05) is 6.61 Å². The minimum atomic E-state index is 0.220. The van der Waals surface area contributed by atoms with Gasteiger partial charge in [-0.3, -0.25) is 0 Å². The van der Waals surface area contributed by atoms with E-state index in [1.807, 2.05) is 17.8 Å². The average molecular weight is 300 g/mol. The van der Waals surface area contributed by atoms with Crippen LogP contribution in [0.25, 0.3) is 0 Å². The van der Waals surface area contributed by atoms with Crippen molar-refractivity contribution in [1.82, 2.24) is 0 Å². The van der Waals surface area contributed by atoms with Gasteiger partial charge in [-0.15, -0.1) is 11.8 Å². The molecule has 0 radical (unpaired) electrons. The van der Waals surface area contributed by atoms with E-state index < -0.39 is 0 Å². The van der Waals surface area contributed by atoms with Gasteiger partial charge in [-0.1, -0.05) is 24.6 Å². The summed E-state index contributed by atoms with van der Waals surface area (Å²) in [5.41, 5.74) is 7.39. The molecule has 2 N–H and O–H groups in total. The fourth-order valence-corrected chi connectivity index (χ4v) is 3.81. The van der Waals surface area contributed by atoms with Gasteiger partial charge in [0.15, 0.2) is 0 Å². The standard InChI is InChI=1S/C15H22ClNOS/c1-3-13(17)8-11-4-5-12(16)9-15(11)19-14-6-7-18-10(14)2/h4-5,9-10,13-14H,3,6-8,17H2,1-2H3. The highest BCUT2D eigenvalue weighted by Gasteiger charge is 2.26. The molecule has 0 saturated carbocycles. The molecule has 1 heterocycles. The minimum absolute atomic E-state index is 0.220. The van der Waals surface area contributed by atoms with E-state index in [0.29, 0.717) is 11.4 Å². The van der Waals surface area contributed by atoms with Crippen LogP contribution in [0.1, 0.15) is 32.3 Å². The van der Waals surface area contributed by atoms with Crippen molar-refractivity contribution in [2.45, 2.75) is 55.4 Å². The summed E-state index contributed by atoms with van der Waals surface area (Å²) in [6, 6.07) is 6.35. The molecule has 4 heteroatoms. The third-order valence-corrected chi connectivity index (χ3v) is 5.41. The van der Waals surface area contributed by atoms with Crippen LogP contribution >= 0.6 is 23.4 Å². The molecule has 1 aliphatic heterocycles. The Bertz CT molecular complexity index is 427. The van der Waals surface area contributed by atoms with Gasteiger partial charge < -0.3 is 10.5 Å². The predicted octanol–water partition coefficient (Wildman–Crippen LogP) is 3.89. The van der Waals surface area contributed by atoms with Crippen molar-refractivity contribution in [3.63, 3.8) is 0 Å². The lowest BCUT2D eigenvalue weighted by molar-refractivity contribution is 0.127. The summed E-state index contributed by atoms with van der Waals surface area (Å²) in [5, 5.41) is 1.32. The van der Waals surface area contributed by atoms with Crippen molar-refractivity contribution < 1.29 is 4.74 Å². The molecule has 1 fully saturated rings. The lowest BCUT2D eigenvalue weighted by Crippen LogP contribution is -2.22. The molecule has 0 amide bonds. The first-order valence-electron chi connectivity index (χ1n) is 6.92. The maximum Gasteiger partial charge on any atom is 0.0669 e. The van der Waals surface area contributed by atoms with Crippen molar-refractivity contribution >= 4 is 23.4 Å². The lowest BCUT2D eigenvalue weighted by Gasteiger charge is -2.18. The van der Waals surface area contributed by atoms with Gasteiger partial charge in [0.2, 0.25) is 0 Å². The first-order valence-corrected chi connectivity index (χ1v) is 8.18. The molecular weight excluding hydrogens is 278 g/mol. The highest BCUT2D eigenvalue weighted by molar-refractivity contribution is 8.00. The second-order valence-corrected chi connectivity index (χ2v) is 6.86. The Morgan fingerprint density at radius 3 is 2.95 bits per heavy atom. The van der Waals surface area contributed by atoms with E-state index in [4.69, 9.17) is 22.1 Å². The zero-order chi connectivity index (χ0) is 13.8. The monoisotopic (exact) mass is 299 g/mol. The van der Waals surface area contributed by atoms with Crippen molar-refractivity contribution in [1.29, 1.82) is 0 Å². The van der Waals surface area contributed by atoms with Crippen molar-refractivity contribution in [3.8, 4) is 0 Å². The van der Waals surface area contributed by atoms with Gasteiger partial charge in [0.25, 0.3) is 0 Å². The van der Waals surface area contributed by atoms with Gasteiger partial charge in [0.05, 0.1) is 6.10 Å². The van der Waals surface area contributed by atoms with Crippen molar-refractivity contribution in [3.05, 3.63) is 28.8 Å². The molecule has 2 rings (SSSR count). The molecule has 0 spiro atoms. The van der Waals surface area contributed by atoms with Crippen LogP contribution in [0.4, 0.5) is 0 Å². The molecular formula is C15H22ClNOS. The number of benzene rings is 1. The molecule has 3 unspecified atom stereocenters. The zero-order valence-electron chi connectivity index (χ0n) is 11.6. The van der Waals surface area contributed by atoms with Crippen molar-refractivity contribution in [2.24, 2.45) is 5.73 Å². The maximum absolute atomic E-state index is 6.13. The van der Waals surface area contributed by atoms with E-state index in [9.17, 15) is 0 Å². The molecule has 1 aromatic carbocycles. The van der Waals surface area contributed by atoms with Crippen LogP contribution in [0.2, 0.25) is 5.02 Å². The number of halogens is 1. The molecule has 1 aliphatic rings. The Morgan fingerprint density at radius 1 is 1.53 bits per heavy atom. The first-order chi connectivity index (χ1) is 9.10. The molecule has 0 bridgehead atoms. The normalized spacial score (nSPS) is 24.6.